The summed E-state index contributed by atoms with van der Waals surface area (Å²) in [5.74, 6) is -0.582. The number of carbonyl (C=O) groups is 1. The Morgan fingerprint density at radius 3 is 2.83 bits per heavy atom. The zero-order chi connectivity index (χ0) is 15.8. The maximum Gasteiger partial charge on any atom is 0.255 e. The minimum Gasteiger partial charge on any atom is -0.358 e. The van der Waals surface area contributed by atoms with Gasteiger partial charge in [0.15, 0.2) is 0 Å². The van der Waals surface area contributed by atoms with E-state index in [1.807, 2.05) is 12.1 Å². The lowest BCUT2D eigenvalue weighted by Gasteiger charge is -2.10. The van der Waals surface area contributed by atoms with Crippen molar-refractivity contribution in [3.8, 4) is 0 Å². The summed E-state index contributed by atoms with van der Waals surface area (Å²) < 4.78 is 13.2. The van der Waals surface area contributed by atoms with Crippen LogP contribution in [0.25, 0.3) is 10.9 Å². The van der Waals surface area contributed by atoms with Crippen molar-refractivity contribution < 1.29 is 9.18 Å². The van der Waals surface area contributed by atoms with Crippen LogP contribution in [0.1, 0.15) is 34.5 Å². The predicted molar refractivity (Wildman–Crippen MR) is 89.3 cm³/mol. The standard InChI is InChI=1S/C19H17FN2O/c20-13-4-3-5-14(11-13)21-19(23)12-8-9-18-16(10-12)15-6-1-2-7-17(15)22-18/h3-5,8-11,22H,1-2,6-7H2,(H,21,23). The first kappa shape index (κ1) is 14.0. The highest BCUT2D eigenvalue weighted by molar-refractivity contribution is 6.06. The van der Waals surface area contributed by atoms with Gasteiger partial charge in [-0.3, -0.25) is 4.79 Å². The van der Waals surface area contributed by atoms with Crippen LogP contribution < -0.4 is 5.32 Å². The summed E-state index contributed by atoms with van der Waals surface area (Å²) in [7, 11) is 0. The van der Waals surface area contributed by atoms with Gasteiger partial charge in [0.25, 0.3) is 5.91 Å². The zero-order valence-electron chi connectivity index (χ0n) is 12.7. The van der Waals surface area contributed by atoms with Crippen molar-refractivity contribution in [2.45, 2.75) is 25.7 Å². The summed E-state index contributed by atoms with van der Waals surface area (Å²) in [4.78, 5) is 15.9. The average molecular weight is 308 g/mol. The third kappa shape index (κ3) is 2.61. The Kier molecular flexibility index (Phi) is 3.37. The fourth-order valence-electron chi connectivity index (χ4n) is 3.32. The van der Waals surface area contributed by atoms with Gasteiger partial charge in [-0.1, -0.05) is 6.07 Å². The predicted octanol–water partition coefficient (Wildman–Crippen LogP) is 4.44. The number of carbonyl (C=O) groups excluding carboxylic acids is 1. The number of aromatic nitrogens is 1. The van der Waals surface area contributed by atoms with E-state index in [-0.39, 0.29) is 11.7 Å². The van der Waals surface area contributed by atoms with Crippen molar-refractivity contribution in [2.75, 3.05) is 5.32 Å². The molecule has 23 heavy (non-hydrogen) atoms. The minimum absolute atomic E-state index is 0.219. The van der Waals surface area contributed by atoms with E-state index in [2.05, 4.69) is 10.3 Å². The molecule has 2 aromatic carbocycles. The van der Waals surface area contributed by atoms with Crippen molar-refractivity contribution >= 4 is 22.5 Å². The summed E-state index contributed by atoms with van der Waals surface area (Å²) in [5, 5.41) is 3.88. The van der Waals surface area contributed by atoms with E-state index < -0.39 is 0 Å². The number of hydrogen-bond acceptors (Lipinski definition) is 1. The largest absolute Gasteiger partial charge is 0.358 e. The number of anilines is 1. The summed E-state index contributed by atoms with van der Waals surface area (Å²) in [6.07, 6.45) is 4.55. The molecule has 0 bridgehead atoms. The molecular formula is C19H17FN2O. The van der Waals surface area contributed by atoms with Gasteiger partial charge in [0, 0.05) is 27.8 Å². The molecule has 0 atom stereocenters. The number of halogens is 1. The van der Waals surface area contributed by atoms with E-state index >= 15 is 0 Å². The van der Waals surface area contributed by atoms with E-state index in [1.165, 1.54) is 36.2 Å². The Morgan fingerprint density at radius 1 is 1.09 bits per heavy atom. The highest BCUT2D eigenvalue weighted by atomic mass is 19.1. The first-order chi connectivity index (χ1) is 11.2. The van der Waals surface area contributed by atoms with Crippen molar-refractivity contribution in [1.82, 2.24) is 4.98 Å². The molecule has 2 N–H and O–H groups in total. The fraction of sp³-hybridized carbons (Fsp3) is 0.211. The van der Waals surface area contributed by atoms with E-state index in [4.69, 9.17) is 0 Å². The first-order valence-corrected chi connectivity index (χ1v) is 7.91. The zero-order valence-corrected chi connectivity index (χ0v) is 12.7. The topological polar surface area (TPSA) is 44.9 Å². The minimum atomic E-state index is -0.363. The number of benzene rings is 2. The molecule has 0 unspecified atom stereocenters. The monoisotopic (exact) mass is 308 g/mol. The maximum atomic E-state index is 13.2. The molecular weight excluding hydrogens is 291 g/mol. The molecule has 1 heterocycles. The van der Waals surface area contributed by atoms with Gasteiger partial charge in [-0.25, -0.2) is 4.39 Å². The molecule has 4 rings (SSSR count). The quantitative estimate of drug-likeness (QED) is 0.722. The molecule has 1 aliphatic rings. The second kappa shape index (κ2) is 5.54. The normalized spacial score (nSPS) is 13.8. The Hall–Kier alpha value is -2.62. The van der Waals surface area contributed by atoms with Gasteiger partial charge >= 0.3 is 0 Å². The highest BCUT2D eigenvalue weighted by Gasteiger charge is 2.16. The van der Waals surface area contributed by atoms with Gasteiger partial charge < -0.3 is 10.3 Å². The summed E-state index contributed by atoms with van der Waals surface area (Å²) in [5.41, 5.74) is 4.78. The Labute approximate surface area is 133 Å². The van der Waals surface area contributed by atoms with Crippen molar-refractivity contribution in [3.05, 3.63) is 65.1 Å². The van der Waals surface area contributed by atoms with Crippen LogP contribution in [0, 0.1) is 5.82 Å². The molecule has 4 heteroatoms. The van der Waals surface area contributed by atoms with Crippen molar-refractivity contribution in [2.24, 2.45) is 0 Å². The molecule has 0 aliphatic heterocycles. The summed E-state index contributed by atoms with van der Waals surface area (Å²) in [6, 6.07) is 11.6. The van der Waals surface area contributed by atoms with E-state index in [1.54, 1.807) is 18.2 Å². The molecule has 1 amide bonds. The van der Waals surface area contributed by atoms with Gasteiger partial charge in [-0.15, -0.1) is 0 Å². The maximum absolute atomic E-state index is 13.2. The van der Waals surface area contributed by atoms with Crippen LogP contribution in [0.3, 0.4) is 0 Å². The molecule has 0 radical (unpaired) electrons. The van der Waals surface area contributed by atoms with Gasteiger partial charge in [0.1, 0.15) is 5.82 Å². The lowest BCUT2D eigenvalue weighted by Crippen LogP contribution is -2.11. The van der Waals surface area contributed by atoms with Crippen molar-refractivity contribution in [3.63, 3.8) is 0 Å². The Morgan fingerprint density at radius 2 is 1.96 bits per heavy atom. The van der Waals surface area contributed by atoms with Gasteiger partial charge in [-0.2, -0.15) is 0 Å². The molecule has 3 aromatic rings. The number of fused-ring (bicyclic) bond motifs is 3. The number of H-pyrrole nitrogens is 1. The smallest absolute Gasteiger partial charge is 0.255 e. The summed E-state index contributed by atoms with van der Waals surface area (Å²) >= 11 is 0. The van der Waals surface area contributed by atoms with E-state index in [9.17, 15) is 9.18 Å². The number of rotatable bonds is 2. The lowest BCUT2D eigenvalue weighted by molar-refractivity contribution is 0.102. The molecule has 0 saturated heterocycles. The molecule has 0 fully saturated rings. The summed E-state index contributed by atoms with van der Waals surface area (Å²) in [6.45, 7) is 0. The molecule has 1 aromatic heterocycles. The number of amides is 1. The third-order valence-corrected chi connectivity index (χ3v) is 4.44. The van der Waals surface area contributed by atoms with Crippen LogP contribution >= 0.6 is 0 Å². The number of aromatic amines is 1. The average Bonchev–Trinajstić information content (AvgIpc) is 2.92. The molecule has 0 spiro atoms. The van der Waals surface area contributed by atoms with Crippen LogP contribution in [0.2, 0.25) is 0 Å². The van der Waals surface area contributed by atoms with Crippen LogP contribution in [-0.4, -0.2) is 10.9 Å². The van der Waals surface area contributed by atoms with Crippen LogP contribution in [0.5, 0.6) is 0 Å². The van der Waals surface area contributed by atoms with Gasteiger partial charge in [0.05, 0.1) is 0 Å². The fourth-order valence-corrected chi connectivity index (χ4v) is 3.32. The molecule has 1 aliphatic carbocycles. The van der Waals surface area contributed by atoms with E-state index in [0.29, 0.717) is 11.3 Å². The van der Waals surface area contributed by atoms with E-state index in [0.717, 1.165) is 23.7 Å². The second-order valence-corrected chi connectivity index (χ2v) is 6.01. The first-order valence-electron chi connectivity index (χ1n) is 7.91. The van der Waals surface area contributed by atoms with Crippen LogP contribution in [0.15, 0.2) is 42.5 Å². The Bertz CT molecular complexity index is 898. The second-order valence-electron chi connectivity index (χ2n) is 6.01. The van der Waals surface area contributed by atoms with Crippen LogP contribution in [0.4, 0.5) is 10.1 Å². The van der Waals surface area contributed by atoms with Crippen molar-refractivity contribution in [1.29, 1.82) is 0 Å². The number of nitrogens with one attached hydrogen (secondary N) is 2. The van der Waals surface area contributed by atoms with Gasteiger partial charge in [-0.05, 0) is 67.6 Å². The highest BCUT2D eigenvalue weighted by Crippen LogP contribution is 2.29. The number of aryl methyl sites for hydroxylation is 2. The lowest BCUT2D eigenvalue weighted by atomic mass is 9.95. The molecule has 3 nitrogen and oxygen atoms in total. The van der Waals surface area contributed by atoms with Crippen LogP contribution in [-0.2, 0) is 12.8 Å². The number of hydrogen-bond donors (Lipinski definition) is 2. The third-order valence-electron chi connectivity index (χ3n) is 4.44. The molecule has 0 saturated carbocycles. The SMILES string of the molecule is O=C(Nc1cccc(F)c1)c1ccc2[nH]c3c(c2c1)CCCC3. The van der Waals surface area contributed by atoms with Gasteiger partial charge in [0.2, 0.25) is 0 Å². The Balaban J connectivity index is 1.67. The molecule has 116 valence electrons.